The molecule has 0 spiro atoms. The van der Waals surface area contributed by atoms with E-state index in [1.165, 1.54) is 18.2 Å². The highest BCUT2D eigenvalue weighted by atomic mass is 35.5. The zero-order valence-corrected chi connectivity index (χ0v) is 19.1. The minimum atomic E-state index is -3.96. The van der Waals surface area contributed by atoms with Crippen LogP contribution >= 0.6 is 11.6 Å². The molecule has 0 radical (unpaired) electrons. The number of sulfonamides is 1. The standard InChI is InChI=1S/C24H21ClN2O5S/c1-2-13-31-19-8-6-7-18(15-19)26-24(28)23-16-27(21-14-17(25)11-12-22(21)32-23)33(29,30)20-9-4-3-5-10-20/h2-12,14-15,23H,1,13,16H2,(H,26,28). The predicted octanol–water partition coefficient (Wildman–Crippen LogP) is 4.50. The van der Waals surface area contributed by atoms with Gasteiger partial charge < -0.3 is 14.8 Å². The molecular weight excluding hydrogens is 464 g/mol. The minimum absolute atomic E-state index is 0.101. The van der Waals surface area contributed by atoms with Crippen molar-refractivity contribution in [2.24, 2.45) is 0 Å². The Bertz CT molecular complexity index is 1280. The van der Waals surface area contributed by atoms with Crippen molar-refractivity contribution in [1.29, 1.82) is 0 Å². The van der Waals surface area contributed by atoms with Crippen LogP contribution < -0.4 is 19.1 Å². The number of ether oxygens (including phenoxy) is 2. The molecule has 1 heterocycles. The highest BCUT2D eigenvalue weighted by molar-refractivity contribution is 7.92. The summed E-state index contributed by atoms with van der Waals surface area (Å²) in [4.78, 5) is 13.1. The molecule has 7 nitrogen and oxygen atoms in total. The van der Waals surface area contributed by atoms with Crippen molar-refractivity contribution >= 4 is 38.9 Å². The van der Waals surface area contributed by atoms with Gasteiger partial charge in [0.05, 0.1) is 17.1 Å². The fraction of sp³-hybridized carbons (Fsp3) is 0.125. The van der Waals surface area contributed by atoms with Crippen LogP contribution in [0.2, 0.25) is 5.02 Å². The molecule has 0 bridgehead atoms. The maximum absolute atomic E-state index is 13.4. The number of amides is 1. The number of hydrogen-bond donors (Lipinski definition) is 1. The van der Waals surface area contributed by atoms with Crippen molar-refractivity contribution in [3.8, 4) is 11.5 Å². The van der Waals surface area contributed by atoms with Crippen LogP contribution in [0.5, 0.6) is 11.5 Å². The van der Waals surface area contributed by atoms with Gasteiger partial charge in [-0.15, -0.1) is 0 Å². The van der Waals surface area contributed by atoms with Crippen molar-refractivity contribution < 1.29 is 22.7 Å². The Morgan fingerprint density at radius 1 is 1.15 bits per heavy atom. The summed E-state index contributed by atoms with van der Waals surface area (Å²) < 4.78 is 39.3. The van der Waals surface area contributed by atoms with Crippen LogP contribution in [0.3, 0.4) is 0 Å². The normalized spacial score (nSPS) is 15.2. The molecule has 3 aromatic rings. The van der Waals surface area contributed by atoms with Gasteiger partial charge in [0.25, 0.3) is 15.9 Å². The van der Waals surface area contributed by atoms with Gasteiger partial charge in [0.2, 0.25) is 0 Å². The van der Waals surface area contributed by atoms with Crippen molar-refractivity contribution in [3.05, 3.63) is 90.5 Å². The highest BCUT2D eigenvalue weighted by Crippen LogP contribution is 2.39. The fourth-order valence-electron chi connectivity index (χ4n) is 3.35. The molecule has 0 saturated carbocycles. The summed E-state index contributed by atoms with van der Waals surface area (Å²) in [5, 5.41) is 3.12. The molecule has 3 aromatic carbocycles. The lowest BCUT2D eigenvalue weighted by Crippen LogP contribution is -2.48. The SMILES string of the molecule is C=CCOc1cccc(NC(=O)C2CN(S(=O)(=O)c3ccccc3)c3cc(Cl)ccc3O2)c1. The lowest BCUT2D eigenvalue weighted by atomic mass is 10.2. The average molecular weight is 485 g/mol. The first-order valence-electron chi connectivity index (χ1n) is 10.1. The van der Waals surface area contributed by atoms with E-state index < -0.39 is 22.0 Å². The van der Waals surface area contributed by atoms with E-state index in [2.05, 4.69) is 11.9 Å². The number of fused-ring (bicyclic) bond motifs is 1. The zero-order chi connectivity index (χ0) is 23.4. The first-order valence-corrected chi connectivity index (χ1v) is 11.9. The second-order valence-corrected chi connectivity index (χ2v) is 9.48. The molecule has 1 aliphatic heterocycles. The Hall–Kier alpha value is -3.49. The third-order valence-electron chi connectivity index (χ3n) is 4.88. The van der Waals surface area contributed by atoms with Gasteiger partial charge in [0.1, 0.15) is 18.1 Å². The molecule has 1 atom stereocenters. The van der Waals surface area contributed by atoms with E-state index in [1.807, 2.05) is 0 Å². The zero-order valence-electron chi connectivity index (χ0n) is 17.5. The van der Waals surface area contributed by atoms with Crippen LogP contribution in [-0.4, -0.2) is 33.6 Å². The molecule has 9 heteroatoms. The van der Waals surface area contributed by atoms with Crippen LogP contribution in [0.25, 0.3) is 0 Å². The molecule has 1 N–H and O–H groups in total. The number of carbonyl (C=O) groups is 1. The third-order valence-corrected chi connectivity index (χ3v) is 6.91. The van der Waals surface area contributed by atoms with Crippen molar-refractivity contribution in [2.75, 3.05) is 22.8 Å². The highest BCUT2D eigenvalue weighted by Gasteiger charge is 2.37. The third kappa shape index (κ3) is 4.97. The van der Waals surface area contributed by atoms with Crippen LogP contribution in [0.1, 0.15) is 0 Å². The lowest BCUT2D eigenvalue weighted by molar-refractivity contribution is -0.122. The van der Waals surface area contributed by atoms with E-state index in [1.54, 1.807) is 60.7 Å². The van der Waals surface area contributed by atoms with Gasteiger partial charge in [-0.3, -0.25) is 9.10 Å². The number of nitrogens with zero attached hydrogens (tertiary/aromatic N) is 1. The van der Waals surface area contributed by atoms with E-state index in [0.717, 1.165) is 4.31 Å². The number of carbonyl (C=O) groups excluding carboxylic acids is 1. The Labute approximate surface area is 197 Å². The molecule has 0 fully saturated rings. The summed E-state index contributed by atoms with van der Waals surface area (Å²) >= 11 is 6.12. The molecule has 170 valence electrons. The Morgan fingerprint density at radius 2 is 1.94 bits per heavy atom. The molecule has 0 saturated heterocycles. The van der Waals surface area contributed by atoms with Gasteiger partial charge >= 0.3 is 0 Å². The molecule has 1 unspecified atom stereocenters. The van der Waals surface area contributed by atoms with E-state index in [0.29, 0.717) is 23.1 Å². The summed E-state index contributed by atoms with van der Waals surface area (Å²) in [6.07, 6.45) is 0.530. The number of benzene rings is 3. The Morgan fingerprint density at radius 3 is 2.70 bits per heavy atom. The average Bonchev–Trinajstić information content (AvgIpc) is 2.82. The van der Waals surface area contributed by atoms with E-state index in [9.17, 15) is 13.2 Å². The first-order chi connectivity index (χ1) is 15.9. The molecule has 0 aromatic heterocycles. The molecule has 0 aliphatic carbocycles. The molecule has 1 aliphatic rings. The van der Waals surface area contributed by atoms with E-state index in [4.69, 9.17) is 21.1 Å². The summed E-state index contributed by atoms with van der Waals surface area (Å²) in [7, 11) is -3.96. The summed E-state index contributed by atoms with van der Waals surface area (Å²) in [6.45, 7) is 3.72. The Kier molecular flexibility index (Phi) is 6.57. The Balaban J connectivity index is 1.63. The van der Waals surface area contributed by atoms with Gasteiger partial charge in [0.15, 0.2) is 6.10 Å². The maximum Gasteiger partial charge on any atom is 0.267 e. The van der Waals surface area contributed by atoms with Gasteiger partial charge in [-0.25, -0.2) is 8.42 Å². The van der Waals surface area contributed by atoms with Gasteiger partial charge in [-0.2, -0.15) is 0 Å². The van der Waals surface area contributed by atoms with E-state index in [-0.39, 0.29) is 22.9 Å². The summed E-state index contributed by atoms with van der Waals surface area (Å²) in [5.41, 5.74) is 0.764. The smallest absolute Gasteiger partial charge is 0.267 e. The second kappa shape index (κ2) is 9.56. The lowest BCUT2D eigenvalue weighted by Gasteiger charge is -2.34. The number of nitrogens with one attached hydrogen (secondary N) is 1. The van der Waals surface area contributed by atoms with Crippen molar-refractivity contribution in [3.63, 3.8) is 0 Å². The summed E-state index contributed by atoms with van der Waals surface area (Å²) in [6, 6.07) is 19.5. The second-order valence-electron chi connectivity index (χ2n) is 7.18. The van der Waals surface area contributed by atoms with Crippen LogP contribution in [0, 0.1) is 0 Å². The van der Waals surface area contributed by atoms with E-state index >= 15 is 0 Å². The maximum atomic E-state index is 13.4. The molecule has 33 heavy (non-hydrogen) atoms. The van der Waals surface area contributed by atoms with Crippen molar-refractivity contribution in [2.45, 2.75) is 11.0 Å². The summed E-state index contributed by atoms with van der Waals surface area (Å²) in [5.74, 6) is 0.309. The number of anilines is 2. The molecule has 4 rings (SSSR count). The van der Waals surface area contributed by atoms with Crippen LogP contribution in [-0.2, 0) is 14.8 Å². The van der Waals surface area contributed by atoms with Crippen LogP contribution in [0.15, 0.2) is 90.3 Å². The minimum Gasteiger partial charge on any atom is -0.489 e. The van der Waals surface area contributed by atoms with Gasteiger partial charge in [-0.1, -0.05) is 48.5 Å². The predicted molar refractivity (Wildman–Crippen MR) is 128 cm³/mol. The largest absolute Gasteiger partial charge is 0.489 e. The van der Waals surface area contributed by atoms with Gasteiger partial charge in [-0.05, 0) is 42.5 Å². The molecular formula is C24H21ClN2O5S. The van der Waals surface area contributed by atoms with Crippen molar-refractivity contribution in [1.82, 2.24) is 0 Å². The van der Waals surface area contributed by atoms with Gasteiger partial charge in [0, 0.05) is 16.8 Å². The topological polar surface area (TPSA) is 84.9 Å². The fourth-order valence-corrected chi connectivity index (χ4v) is 5.01. The number of hydrogen-bond acceptors (Lipinski definition) is 5. The quantitative estimate of drug-likeness (QED) is 0.499. The number of halogens is 1. The van der Waals surface area contributed by atoms with Crippen LogP contribution in [0.4, 0.5) is 11.4 Å². The molecule has 1 amide bonds. The monoisotopic (exact) mass is 484 g/mol. The first kappa shape index (κ1) is 22.7. The number of rotatable bonds is 7.